The fourth-order valence-electron chi connectivity index (χ4n) is 7.34. The quantitative estimate of drug-likeness (QED) is 0.171. The zero-order valence-corrected chi connectivity index (χ0v) is 29.6. The third kappa shape index (κ3) is 5.53. The molecule has 0 saturated carbocycles. The van der Waals surface area contributed by atoms with Crippen molar-refractivity contribution in [2.24, 2.45) is 0 Å². The van der Waals surface area contributed by atoms with E-state index in [2.05, 4.69) is 0 Å². The van der Waals surface area contributed by atoms with Crippen molar-refractivity contribution in [3.63, 3.8) is 0 Å². The summed E-state index contributed by atoms with van der Waals surface area (Å²) in [4.78, 5) is 14.8. The zero-order chi connectivity index (χ0) is 42.2. The molecule has 0 N–H and O–H groups in total. The lowest BCUT2D eigenvalue weighted by Crippen LogP contribution is -2.00. The van der Waals surface area contributed by atoms with Crippen LogP contribution < -0.4 is 0 Å². The summed E-state index contributed by atoms with van der Waals surface area (Å²) in [6.07, 6.45) is 0. The third-order valence-electron chi connectivity index (χ3n) is 10.1. The second kappa shape index (κ2) is 13.0. The largest absolute Gasteiger partial charge is 0.456 e. The minimum atomic E-state index is -0.354. The Kier molecular flexibility index (Phi) is 6.10. The average molecular weight is 724 g/mol. The summed E-state index contributed by atoms with van der Waals surface area (Å²) in [5.41, 5.74) is 7.20. The molecule has 0 fully saturated rings. The first-order chi connectivity index (χ1) is 30.2. The molecule has 0 unspecified atom stereocenters. The monoisotopic (exact) mass is 723 g/mol. The smallest absolute Gasteiger partial charge is 0.164 e. The maximum atomic E-state index is 9.66. The predicted molar refractivity (Wildman–Crippen MR) is 227 cm³/mol. The van der Waals surface area contributed by atoms with Crippen LogP contribution in [-0.2, 0) is 0 Å². The van der Waals surface area contributed by atoms with E-state index in [4.69, 9.17) is 27.9 Å². The first-order valence-corrected chi connectivity index (χ1v) is 18.2. The highest BCUT2D eigenvalue weighted by molar-refractivity contribution is 6.13. The maximum absolute atomic E-state index is 9.66. The van der Waals surface area contributed by atoms with Crippen molar-refractivity contribution in [2.45, 2.75) is 0 Å². The molecule has 3 heterocycles. The van der Waals surface area contributed by atoms with Crippen LogP contribution >= 0.6 is 0 Å². The first kappa shape index (κ1) is 26.2. The van der Waals surface area contributed by atoms with Crippen molar-refractivity contribution in [1.82, 2.24) is 15.0 Å². The lowest BCUT2D eigenvalue weighted by Gasteiger charge is -2.10. The highest BCUT2D eigenvalue weighted by atomic mass is 16.3. The topological polar surface area (TPSA) is 65.0 Å². The Bertz CT molecular complexity index is 3610. The Morgan fingerprint density at radius 2 is 0.929 bits per heavy atom. The molecule has 3 aromatic heterocycles. The fraction of sp³-hybridized carbons (Fsp3) is 0. The number of nitrogens with zero attached hydrogens (tertiary/aromatic N) is 3. The molecule has 8 aromatic carbocycles. The van der Waals surface area contributed by atoms with E-state index in [1.54, 1.807) is 0 Å². The van der Waals surface area contributed by atoms with Gasteiger partial charge in [0.1, 0.15) is 22.3 Å². The number of hydrogen-bond donors (Lipinski definition) is 0. The van der Waals surface area contributed by atoms with Gasteiger partial charge in [0, 0.05) is 38.2 Å². The number of aromatic nitrogens is 3. The summed E-state index contributed by atoms with van der Waals surface area (Å²) in [7, 11) is 0. The number of para-hydroxylation sites is 1. The summed E-state index contributed by atoms with van der Waals surface area (Å²) >= 11 is 0. The first-order valence-electron chi connectivity index (χ1n) is 21.2. The second-order valence-corrected chi connectivity index (χ2v) is 13.5. The van der Waals surface area contributed by atoms with Crippen molar-refractivity contribution in [3.8, 4) is 67.5 Å². The minimum Gasteiger partial charge on any atom is -0.456 e. The van der Waals surface area contributed by atoms with E-state index < -0.39 is 0 Å². The lowest BCUT2D eigenvalue weighted by molar-refractivity contribution is 0.668. The molecule has 5 heteroatoms. The molecule has 0 aliphatic carbocycles. The van der Waals surface area contributed by atoms with Crippen LogP contribution in [0, 0.1) is 0 Å². The molecule has 0 radical (unpaired) electrons. The van der Waals surface area contributed by atoms with E-state index in [9.17, 15) is 4.11 Å². The molecule has 56 heavy (non-hydrogen) atoms. The van der Waals surface area contributed by atoms with Crippen molar-refractivity contribution in [1.29, 1.82) is 0 Å². The van der Waals surface area contributed by atoms with Crippen LogP contribution in [0.2, 0.25) is 0 Å². The summed E-state index contributed by atoms with van der Waals surface area (Å²) in [5, 5.41) is 2.12. The predicted octanol–water partition coefficient (Wildman–Crippen LogP) is 13.7. The molecule has 0 spiro atoms. The molecule has 0 saturated heterocycles. The van der Waals surface area contributed by atoms with Crippen molar-refractivity contribution < 1.29 is 17.1 Å². The van der Waals surface area contributed by atoms with Crippen molar-refractivity contribution in [3.05, 3.63) is 188 Å². The van der Waals surface area contributed by atoms with Crippen LogP contribution in [0.4, 0.5) is 0 Å². The van der Waals surface area contributed by atoms with E-state index >= 15 is 0 Å². The molecule has 11 aromatic rings. The second-order valence-electron chi connectivity index (χ2n) is 13.5. The number of fused-ring (bicyclic) bond motifs is 6. The van der Waals surface area contributed by atoms with Gasteiger partial charge in [-0.05, 0) is 87.9 Å². The SMILES string of the molecule is [2H]c1c([2H])c(-c2cccc(-c3ccccc3)c2)c2c(oc3c([2H])c(-c4nc(-c5cccc(-c6ccccc6)c5)nc(-c5ccc6oc7ccccc7c6c5)n4)c([2H])c([2H])c32)c1[2H]. The van der Waals surface area contributed by atoms with Gasteiger partial charge in [-0.15, -0.1) is 0 Å². The van der Waals surface area contributed by atoms with Gasteiger partial charge in [-0.2, -0.15) is 0 Å². The standard InChI is InChI=1S/C51H31N3O2/c1-3-12-32(13-4-1)34-16-9-18-36(28-34)40-21-11-23-46-48(40)42-26-24-39(31-47(42)56-46)51-53-49(37-19-10-17-35(29-37)33-14-5-2-6-15-33)52-50(54-51)38-25-27-45-43(30-38)41-20-7-8-22-44(41)55-45/h1-31H/i11D,21D,23D,24D,26D,31D. The van der Waals surface area contributed by atoms with Crippen LogP contribution in [-0.4, -0.2) is 15.0 Å². The van der Waals surface area contributed by atoms with Gasteiger partial charge in [-0.1, -0.05) is 133 Å². The van der Waals surface area contributed by atoms with Gasteiger partial charge in [-0.25, -0.2) is 15.0 Å². The Balaban J connectivity index is 1.15. The normalized spacial score (nSPS) is 13.1. The zero-order valence-electron chi connectivity index (χ0n) is 35.6. The molecule has 262 valence electrons. The molecular formula is C51H31N3O2. The van der Waals surface area contributed by atoms with Crippen LogP contribution in [0.1, 0.15) is 8.22 Å². The fourth-order valence-corrected chi connectivity index (χ4v) is 7.34. The van der Waals surface area contributed by atoms with Gasteiger partial charge in [0.2, 0.25) is 0 Å². The van der Waals surface area contributed by atoms with E-state index in [0.717, 1.165) is 38.6 Å². The Hall–Kier alpha value is -7.63. The summed E-state index contributed by atoms with van der Waals surface area (Å²) in [6, 6.07) is 46.6. The average Bonchev–Trinajstić information content (AvgIpc) is 3.90. The van der Waals surface area contributed by atoms with Crippen molar-refractivity contribution in [2.75, 3.05) is 0 Å². The highest BCUT2D eigenvalue weighted by Crippen LogP contribution is 2.40. The van der Waals surface area contributed by atoms with Crippen LogP contribution in [0.25, 0.3) is 111 Å². The van der Waals surface area contributed by atoms with Gasteiger partial charge in [-0.3, -0.25) is 0 Å². The van der Waals surface area contributed by atoms with Crippen LogP contribution in [0.5, 0.6) is 0 Å². The van der Waals surface area contributed by atoms with E-state index in [1.165, 1.54) is 0 Å². The number of furan rings is 2. The summed E-state index contributed by atoms with van der Waals surface area (Å²) in [6.45, 7) is 0. The minimum absolute atomic E-state index is 0.0117. The Morgan fingerprint density at radius 1 is 0.357 bits per heavy atom. The number of hydrogen-bond acceptors (Lipinski definition) is 5. The van der Waals surface area contributed by atoms with E-state index in [-0.39, 0.29) is 81.0 Å². The molecule has 0 aliphatic rings. The van der Waals surface area contributed by atoms with Gasteiger partial charge in [0.25, 0.3) is 0 Å². The molecule has 0 atom stereocenters. The van der Waals surface area contributed by atoms with Gasteiger partial charge >= 0.3 is 0 Å². The van der Waals surface area contributed by atoms with Crippen molar-refractivity contribution >= 4 is 43.9 Å². The number of rotatable bonds is 6. The van der Waals surface area contributed by atoms with E-state index in [0.29, 0.717) is 28.1 Å². The molecule has 0 bridgehead atoms. The summed E-state index contributed by atoms with van der Waals surface area (Å²) in [5.74, 6) is 0.563. The van der Waals surface area contributed by atoms with E-state index in [1.807, 2.05) is 152 Å². The van der Waals surface area contributed by atoms with Gasteiger partial charge in [0.05, 0.1) is 8.22 Å². The molecule has 0 aliphatic heterocycles. The van der Waals surface area contributed by atoms with Crippen LogP contribution in [0.15, 0.2) is 197 Å². The Morgan fingerprint density at radius 3 is 1.68 bits per heavy atom. The van der Waals surface area contributed by atoms with Gasteiger partial charge < -0.3 is 8.83 Å². The molecule has 5 nitrogen and oxygen atoms in total. The third-order valence-corrected chi connectivity index (χ3v) is 10.1. The molecular weight excluding hydrogens is 687 g/mol. The summed E-state index contributed by atoms with van der Waals surface area (Å²) < 4.78 is 68.0. The number of benzene rings is 8. The maximum Gasteiger partial charge on any atom is 0.164 e. The molecule has 11 rings (SSSR count). The van der Waals surface area contributed by atoms with Gasteiger partial charge in [0.15, 0.2) is 17.5 Å². The van der Waals surface area contributed by atoms with Crippen LogP contribution in [0.3, 0.4) is 0 Å². The highest BCUT2D eigenvalue weighted by Gasteiger charge is 2.18. The lowest BCUT2D eigenvalue weighted by atomic mass is 9.96. The Labute approximate surface area is 330 Å². The molecule has 0 amide bonds.